The molecule has 1 aromatic heterocycles. The van der Waals surface area contributed by atoms with Crippen molar-refractivity contribution in [3.05, 3.63) is 36.0 Å². The van der Waals surface area contributed by atoms with Gasteiger partial charge in [-0.2, -0.15) is 4.31 Å². The molecule has 1 amide bonds. The molecule has 0 bridgehead atoms. The predicted octanol–water partition coefficient (Wildman–Crippen LogP) is 3.01. The van der Waals surface area contributed by atoms with E-state index < -0.39 is 10.0 Å². The summed E-state index contributed by atoms with van der Waals surface area (Å²) >= 11 is 0. The number of hydrogen-bond acceptors (Lipinski definition) is 7. The molecule has 1 aliphatic carbocycles. The van der Waals surface area contributed by atoms with E-state index in [1.165, 1.54) is 16.8 Å². The maximum absolute atomic E-state index is 13.6. The molecule has 10 heteroatoms. The lowest BCUT2D eigenvalue weighted by atomic mass is 9.95. The maximum atomic E-state index is 13.6. The monoisotopic (exact) mass is 458 g/mol. The fraction of sp³-hybridized carbons (Fsp3) is 0.455. The first kappa shape index (κ1) is 21.2. The molecule has 0 radical (unpaired) electrons. The van der Waals surface area contributed by atoms with Crippen molar-refractivity contribution in [1.29, 1.82) is 0 Å². The standard InChI is InChI=1S/C22H26N4O5S/c27-22(24-16-5-2-1-3-6-16)15-13-18-20(25-21-17(31-18)7-4-8-23-21)19(14-15)32(28,29)26-9-11-30-12-10-26/h4,7-8,13-14,16H,1-3,5-6,9-12H2,(H,23,25)(H,24,27). The Kier molecular flexibility index (Phi) is 5.75. The number of morpholine rings is 1. The topological polar surface area (TPSA) is 110 Å². The molecule has 5 rings (SSSR count). The van der Waals surface area contributed by atoms with E-state index in [2.05, 4.69) is 15.6 Å². The van der Waals surface area contributed by atoms with Gasteiger partial charge >= 0.3 is 0 Å². The molecule has 0 unspecified atom stereocenters. The van der Waals surface area contributed by atoms with Gasteiger partial charge in [-0.3, -0.25) is 4.79 Å². The van der Waals surface area contributed by atoms with Crippen LogP contribution in [-0.2, 0) is 14.8 Å². The number of amides is 1. The lowest BCUT2D eigenvalue weighted by Gasteiger charge is -2.29. The van der Waals surface area contributed by atoms with Gasteiger partial charge in [-0.05, 0) is 37.1 Å². The Bertz CT molecular complexity index is 1130. The van der Waals surface area contributed by atoms with Crippen molar-refractivity contribution in [3.63, 3.8) is 0 Å². The third-order valence-electron chi connectivity index (χ3n) is 6.09. The number of fused-ring (bicyclic) bond motifs is 2. The van der Waals surface area contributed by atoms with E-state index in [0.29, 0.717) is 24.8 Å². The van der Waals surface area contributed by atoms with Crippen molar-refractivity contribution in [2.75, 3.05) is 31.6 Å². The number of pyridine rings is 1. The van der Waals surface area contributed by atoms with Crippen molar-refractivity contribution >= 4 is 27.4 Å². The number of nitrogens with zero attached hydrogens (tertiary/aromatic N) is 2. The largest absolute Gasteiger partial charge is 0.451 e. The summed E-state index contributed by atoms with van der Waals surface area (Å²) in [6.45, 7) is 1.17. The highest BCUT2D eigenvalue weighted by molar-refractivity contribution is 7.89. The molecule has 0 atom stereocenters. The molecule has 32 heavy (non-hydrogen) atoms. The molecule has 1 saturated carbocycles. The average Bonchev–Trinajstić information content (AvgIpc) is 2.83. The molecule has 170 valence electrons. The smallest absolute Gasteiger partial charge is 0.251 e. The summed E-state index contributed by atoms with van der Waals surface area (Å²) in [5.41, 5.74) is 0.548. The van der Waals surface area contributed by atoms with Gasteiger partial charge in [0.25, 0.3) is 5.91 Å². The van der Waals surface area contributed by atoms with Crippen LogP contribution in [0.15, 0.2) is 35.4 Å². The van der Waals surface area contributed by atoms with E-state index in [0.717, 1.165) is 25.7 Å². The van der Waals surface area contributed by atoms with E-state index in [1.54, 1.807) is 24.4 Å². The van der Waals surface area contributed by atoms with Gasteiger partial charge in [0.2, 0.25) is 10.0 Å². The second-order valence-electron chi connectivity index (χ2n) is 8.25. The van der Waals surface area contributed by atoms with Crippen LogP contribution in [0.25, 0.3) is 0 Å². The van der Waals surface area contributed by atoms with Gasteiger partial charge in [0.05, 0.1) is 13.2 Å². The predicted molar refractivity (Wildman–Crippen MR) is 118 cm³/mol. The van der Waals surface area contributed by atoms with Gasteiger partial charge in [0, 0.05) is 30.9 Å². The SMILES string of the molecule is O=C(NC1CCCCC1)c1cc2c(c(S(=O)(=O)N3CCOCC3)c1)Nc1ncccc1O2. The number of carbonyl (C=O) groups is 1. The molecular formula is C22H26N4O5S. The van der Waals surface area contributed by atoms with Crippen molar-refractivity contribution in [3.8, 4) is 11.5 Å². The number of sulfonamides is 1. The number of hydrogen-bond donors (Lipinski definition) is 2. The molecule has 2 fully saturated rings. The van der Waals surface area contributed by atoms with Crippen LogP contribution in [0.4, 0.5) is 11.5 Å². The van der Waals surface area contributed by atoms with Gasteiger partial charge in [0.15, 0.2) is 17.3 Å². The third kappa shape index (κ3) is 4.05. The Labute approximate surface area is 187 Å². The minimum atomic E-state index is -3.89. The number of anilines is 2. The third-order valence-corrected chi connectivity index (χ3v) is 8.01. The Morgan fingerprint density at radius 3 is 2.69 bits per heavy atom. The zero-order valence-electron chi connectivity index (χ0n) is 17.7. The van der Waals surface area contributed by atoms with Gasteiger partial charge < -0.3 is 20.1 Å². The number of rotatable bonds is 4. The van der Waals surface area contributed by atoms with Crippen LogP contribution in [0.1, 0.15) is 42.5 Å². The van der Waals surface area contributed by atoms with Crippen molar-refractivity contribution in [2.45, 2.75) is 43.0 Å². The Hall–Kier alpha value is -2.69. The summed E-state index contributed by atoms with van der Waals surface area (Å²) in [6, 6.07) is 6.61. The molecule has 1 aromatic carbocycles. The molecule has 2 aromatic rings. The molecule has 0 spiro atoms. The van der Waals surface area contributed by atoms with Crippen LogP contribution < -0.4 is 15.4 Å². The van der Waals surface area contributed by atoms with Crippen LogP contribution in [0, 0.1) is 0 Å². The number of nitrogens with one attached hydrogen (secondary N) is 2. The maximum Gasteiger partial charge on any atom is 0.251 e. The summed E-state index contributed by atoms with van der Waals surface area (Å²) in [5.74, 6) is 0.893. The highest BCUT2D eigenvalue weighted by atomic mass is 32.2. The second-order valence-corrected chi connectivity index (χ2v) is 10.2. The quantitative estimate of drug-likeness (QED) is 0.618. The molecule has 2 N–H and O–H groups in total. The molecule has 3 heterocycles. The molecule has 9 nitrogen and oxygen atoms in total. The summed E-state index contributed by atoms with van der Waals surface area (Å²) < 4.78 is 39.8. The van der Waals surface area contributed by atoms with Crippen LogP contribution in [-0.4, -0.2) is 56.0 Å². The van der Waals surface area contributed by atoms with E-state index in [1.807, 2.05) is 0 Å². The molecule has 3 aliphatic rings. The van der Waals surface area contributed by atoms with Gasteiger partial charge in [-0.15, -0.1) is 0 Å². The summed E-state index contributed by atoms with van der Waals surface area (Å²) in [6.07, 6.45) is 6.83. The lowest BCUT2D eigenvalue weighted by Crippen LogP contribution is -2.41. The zero-order valence-corrected chi connectivity index (χ0v) is 18.5. The van der Waals surface area contributed by atoms with Gasteiger partial charge in [-0.25, -0.2) is 13.4 Å². The Morgan fingerprint density at radius 1 is 1.12 bits per heavy atom. The Balaban J connectivity index is 1.54. The first-order valence-corrected chi connectivity index (χ1v) is 12.4. The van der Waals surface area contributed by atoms with E-state index in [9.17, 15) is 13.2 Å². The number of benzene rings is 1. The lowest BCUT2D eigenvalue weighted by molar-refractivity contribution is 0.0730. The second kappa shape index (κ2) is 8.68. The average molecular weight is 459 g/mol. The number of ether oxygens (including phenoxy) is 2. The first-order chi connectivity index (χ1) is 15.5. The van der Waals surface area contributed by atoms with Gasteiger partial charge in [0.1, 0.15) is 10.6 Å². The van der Waals surface area contributed by atoms with E-state index >= 15 is 0 Å². The zero-order chi connectivity index (χ0) is 22.1. The molecule has 1 saturated heterocycles. The van der Waals surface area contributed by atoms with Crippen molar-refractivity contribution in [2.24, 2.45) is 0 Å². The molecule has 2 aliphatic heterocycles. The fourth-order valence-corrected chi connectivity index (χ4v) is 5.97. The van der Waals surface area contributed by atoms with Gasteiger partial charge in [-0.1, -0.05) is 19.3 Å². The highest BCUT2D eigenvalue weighted by Crippen LogP contribution is 2.45. The van der Waals surface area contributed by atoms with Crippen LogP contribution >= 0.6 is 0 Å². The Morgan fingerprint density at radius 2 is 1.91 bits per heavy atom. The summed E-state index contributed by atoms with van der Waals surface area (Å²) in [4.78, 5) is 17.3. The summed E-state index contributed by atoms with van der Waals surface area (Å²) in [7, 11) is -3.89. The van der Waals surface area contributed by atoms with Crippen LogP contribution in [0.5, 0.6) is 11.5 Å². The van der Waals surface area contributed by atoms with E-state index in [4.69, 9.17) is 9.47 Å². The minimum Gasteiger partial charge on any atom is -0.451 e. The van der Waals surface area contributed by atoms with Crippen molar-refractivity contribution < 1.29 is 22.7 Å². The van der Waals surface area contributed by atoms with Crippen LogP contribution in [0.2, 0.25) is 0 Å². The summed E-state index contributed by atoms with van der Waals surface area (Å²) in [5, 5.41) is 6.16. The normalized spacial score (nSPS) is 19.2. The number of aromatic nitrogens is 1. The molecular weight excluding hydrogens is 432 g/mol. The number of carbonyl (C=O) groups excluding carboxylic acids is 1. The van der Waals surface area contributed by atoms with E-state index in [-0.39, 0.29) is 46.9 Å². The van der Waals surface area contributed by atoms with Crippen LogP contribution in [0.3, 0.4) is 0 Å². The highest BCUT2D eigenvalue weighted by Gasteiger charge is 2.34. The minimum absolute atomic E-state index is 0.00185. The first-order valence-electron chi connectivity index (χ1n) is 11.0. The fourth-order valence-electron chi connectivity index (χ4n) is 4.37. The van der Waals surface area contributed by atoms with Crippen molar-refractivity contribution in [1.82, 2.24) is 14.6 Å².